The molecule has 2 fully saturated rings. The first-order valence-electron chi connectivity index (χ1n) is 7.11. The first-order valence-corrected chi connectivity index (χ1v) is 8.55. The van der Waals surface area contributed by atoms with E-state index < -0.39 is 21.8 Å². The van der Waals surface area contributed by atoms with Crippen molar-refractivity contribution in [3.8, 4) is 0 Å². The fourth-order valence-electron chi connectivity index (χ4n) is 3.21. The van der Waals surface area contributed by atoms with Gasteiger partial charge in [0.1, 0.15) is 0 Å². The summed E-state index contributed by atoms with van der Waals surface area (Å²) in [6.45, 7) is 2.54. The quantitative estimate of drug-likeness (QED) is 0.901. The predicted molar refractivity (Wildman–Crippen MR) is 74.7 cm³/mol. The van der Waals surface area contributed by atoms with Crippen LogP contribution in [0.25, 0.3) is 0 Å². The molecule has 2 saturated heterocycles. The van der Waals surface area contributed by atoms with Gasteiger partial charge >= 0.3 is 6.18 Å². The van der Waals surface area contributed by atoms with Crippen LogP contribution in [0, 0.1) is 5.41 Å². The van der Waals surface area contributed by atoms with E-state index in [1.54, 1.807) is 0 Å². The van der Waals surface area contributed by atoms with Gasteiger partial charge in [-0.05, 0) is 49.1 Å². The van der Waals surface area contributed by atoms with Crippen LogP contribution in [-0.4, -0.2) is 38.9 Å². The maximum Gasteiger partial charge on any atom is 0.416 e. The van der Waals surface area contributed by atoms with E-state index in [1.807, 2.05) is 0 Å². The molecule has 0 amide bonds. The van der Waals surface area contributed by atoms with Crippen molar-refractivity contribution in [3.05, 3.63) is 29.8 Å². The first-order chi connectivity index (χ1) is 10.2. The molecule has 0 aromatic heterocycles. The molecule has 2 aliphatic heterocycles. The molecule has 8 heteroatoms. The lowest BCUT2D eigenvalue weighted by molar-refractivity contribution is -0.137. The standard InChI is InChI=1S/C14H17F3N2O2S/c15-14(16,17)11-1-3-12(4-2-11)22(20,21)19-8-6-13(10-19)5-7-18-9-13/h1-4,18H,5-10H2. The van der Waals surface area contributed by atoms with E-state index in [1.165, 1.54) is 4.31 Å². The number of rotatable bonds is 2. The number of sulfonamides is 1. The Morgan fingerprint density at radius 2 is 1.82 bits per heavy atom. The van der Waals surface area contributed by atoms with E-state index in [2.05, 4.69) is 5.32 Å². The van der Waals surface area contributed by atoms with Crippen LogP contribution < -0.4 is 5.32 Å². The van der Waals surface area contributed by atoms with Gasteiger partial charge in [-0.1, -0.05) is 0 Å². The van der Waals surface area contributed by atoms with Gasteiger partial charge in [-0.15, -0.1) is 0 Å². The van der Waals surface area contributed by atoms with Crippen molar-refractivity contribution in [3.63, 3.8) is 0 Å². The molecule has 1 atom stereocenters. The zero-order valence-corrected chi connectivity index (χ0v) is 12.7. The number of benzene rings is 1. The van der Waals surface area contributed by atoms with E-state index in [0.29, 0.717) is 13.1 Å². The highest BCUT2D eigenvalue weighted by Gasteiger charge is 2.44. The Labute approximate surface area is 127 Å². The zero-order chi connectivity index (χ0) is 16.0. The Balaban J connectivity index is 1.81. The molecule has 22 heavy (non-hydrogen) atoms. The van der Waals surface area contributed by atoms with Gasteiger partial charge in [0.2, 0.25) is 10.0 Å². The van der Waals surface area contributed by atoms with E-state index in [0.717, 1.165) is 50.2 Å². The fraction of sp³-hybridized carbons (Fsp3) is 0.571. The average Bonchev–Trinajstić information content (AvgIpc) is 3.09. The molecule has 1 spiro atoms. The third kappa shape index (κ3) is 2.75. The van der Waals surface area contributed by atoms with Crippen molar-refractivity contribution in [1.29, 1.82) is 0 Å². The van der Waals surface area contributed by atoms with Crippen molar-refractivity contribution in [2.45, 2.75) is 23.9 Å². The molecule has 2 heterocycles. The number of halogens is 3. The molecule has 2 aliphatic rings. The van der Waals surface area contributed by atoms with Crippen LogP contribution in [0.5, 0.6) is 0 Å². The van der Waals surface area contributed by atoms with Gasteiger partial charge in [0.25, 0.3) is 0 Å². The smallest absolute Gasteiger partial charge is 0.316 e. The van der Waals surface area contributed by atoms with E-state index in [-0.39, 0.29) is 10.3 Å². The molecular formula is C14H17F3N2O2S. The lowest BCUT2D eigenvalue weighted by Crippen LogP contribution is -2.33. The third-order valence-corrected chi connectivity index (χ3v) is 6.41. The monoisotopic (exact) mass is 334 g/mol. The maximum atomic E-state index is 12.6. The SMILES string of the molecule is O=S(=O)(c1ccc(C(F)(F)F)cc1)N1CCC2(CCNC2)C1. The van der Waals surface area contributed by atoms with Crippen LogP contribution in [0.3, 0.4) is 0 Å². The molecule has 1 aromatic carbocycles. The van der Waals surface area contributed by atoms with Crippen LogP contribution in [0.1, 0.15) is 18.4 Å². The Morgan fingerprint density at radius 3 is 2.36 bits per heavy atom. The van der Waals surface area contributed by atoms with Crippen molar-refractivity contribution in [2.24, 2.45) is 5.41 Å². The first kappa shape index (κ1) is 15.8. The van der Waals surface area contributed by atoms with Crippen molar-refractivity contribution in [1.82, 2.24) is 9.62 Å². The van der Waals surface area contributed by atoms with Crippen LogP contribution >= 0.6 is 0 Å². The third-order valence-electron chi connectivity index (χ3n) is 4.55. The van der Waals surface area contributed by atoms with E-state index in [4.69, 9.17) is 0 Å². The topological polar surface area (TPSA) is 49.4 Å². The Bertz CT molecular complexity index is 650. The molecule has 0 aliphatic carbocycles. The largest absolute Gasteiger partial charge is 0.416 e. The molecule has 1 unspecified atom stereocenters. The van der Waals surface area contributed by atoms with Crippen molar-refractivity contribution >= 4 is 10.0 Å². The summed E-state index contributed by atoms with van der Waals surface area (Å²) in [6.07, 6.45) is -2.73. The molecule has 1 aromatic rings. The minimum atomic E-state index is -4.46. The minimum Gasteiger partial charge on any atom is -0.316 e. The summed E-state index contributed by atoms with van der Waals surface area (Å²) in [4.78, 5) is -0.0801. The van der Waals surface area contributed by atoms with Crippen molar-refractivity contribution < 1.29 is 21.6 Å². The second-order valence-electron chi connectivity index (χ2n) is 6.04. The van der Waals surface area contributed by atoms with Gasteiger partial charge in [-0.25, -0.2) is 8.42 Å². The summed E-state index contributed by atoms with van der Waals surface area (Å²) in [5.74, 6) is 0. The highest BCUT2D eigenvalue weighted by atomic mass is 32.2. The molecule has 0 radical (unpaired) electrons. The normalized spacial score (nSPS) is 26.9. The molecule has 0 bridgehead atoms. The highest BCUT2D eigenvalue weighted by molar-refractivity contribution is 7.89. The Morgan fingerprint density at radius 1 is 1.14 bits per heavy atom. The number of nitrogens with zero attached hydrogens (tertiary/aromatic N) is 1. The second kappa shape index (κ2) is 5.21. The molecular weight excluding hydrogens is 317 g/mol. The number of nitrogens with one attached hydrogen (secondary N) is 1. The summed E-state index contributed by atoms with van der Waals surface area (Å²) in [5.41, 5.74) is -0.858. The fourth-order valence-corrected chi connectivity index (χ4v) is 4.76. The van der Waals surface area contributed by atoms with Crippen LogP contribution in [0.2, 0.25) is 0 Å². The van der Waals surface area contributed by atoms with Gasteiger partial charge in [0, 0.05) is 19.6 Å². The minimum absolute atomic E-state index is 0.0149. The predicted octanol–water partition coefficient (Wildman–Crippen LogP) is 2.08. The van der Waals surface area contributed by atoms with Crippen LogP contribution in [0.15, 0.2) is 29.2 Å². The maximum absolute atomic E-state index is 12.6. The number of hydrogen-bond donors (Lipinski definition) is 1. The second-order valence-corrected chi connectivity index (χ2v) is 7.98. The summed E-state index contributed by atoms with van der Waals surface area (Å²) >= 11 is 0. The highest BCUT2D eigenvalue weighted by Crippen LogP contribution is 2.38. The molecule has 0 saturated carbocycles. The van der Waals surface area contributed by atoms with Gasteiger partial charge in [0.15, 0.2) is 0 Å². The molecule has 4 nitrogen and oxygen atoms in total. The van der Waals surface area contributed by atoms with Gasteiger partial charge in [0.05, 0.1) is 10.5 Å². The number of hydrogen-bond acceptors (Lipinski definition) is 3. The van der Waals surface area contributed by atoms with Crippen molar-refractivity contribution in [2.75, 3.05) is 26.2 Å². The molecule has 122 valence electrons. The van der Waals surface area contributed by atoms with E-state index >= 15 is 0 Å². The lowest BCUT2D eigenvalue weighted by Gasteiger charge is -2.22. The average molecular weight is 334 g/mol. The number of alkyl halides is 3. The lowest BCUT2D eigenvalue weighted by atomic mass is 9.87. The molecule has 3 rings (SSSR count). The van der Waals surface area contributed by atoms with E-state index in [9.17, 15) is 21.6 Å². The molecule has 1 N–H and O–H groups in total. The zero-order valence-electron chi connectivity index (χ0n) is 11.9. The van der Waals surface area contributed by atoms with Gasteiger partial charge in [-0.3, -0.25) is 0 Å². The Hall–Kier alpha value is -1.12. The summed E-state index contributed by atoms with van der Waals surface area (Å²) in [7, 11) is -3.73. The Kier molecular flexibility index (Phi) is 3.73. The van der Waals surface area contributed by atoms with Crippen LogP contribution in [-0.2, 0) is 16.2 Å². The summed E-state index contributed by atoms with van der Waals surface area (Å²) in [6, 6.07) is 3.71. The van der Waals surface area contributed by atoms with Crippen LogP contribution in [0.4, 0.5) is 13.2 Å². The summed E-state index contributed by atoms with van der Waals surface area (Å²) in [5, 5.41) is 3.24. The summed E-state index contributed by atoms with van der Waals surface area (Å²) < 4.78 is 64.2. The van der Waals surface area contributed by atoms with Gasteiger partial charge < -0.3 is 5.32 Å². The van der Waals surface area contributed by atoms with Gasteiger partial charge in [-0.2, -0.15) is 17.5 Å².